The standard InChI is InChI=1S/C13H13NO3/c1-9(7-14)2-4-11(15)10-3-5-12-13(6-10)17-8-16-12/h2-3,5-6,11,15H,4,8H2,1H3/b9-2+/t11-/m1/s1. The molecule has 0 fully saturated rings. The average Bonchev–Trinajstić information content (AvgIpc) is 2.82. The molecule has 0 unspecified atom stereocenters. The predicted octanol–water partition coefficient (Wildman–Crippen LogP) is 2.31. The molecule has 88 valence electrons. The van der Waals surface area contributed by atoms with Crippen molar-refractivity contribution < 1.29 is 14.6 Å². The number of benzene rings is 1. The SMILES string of the molecule is C/C(C#N)=C\C[C@@H](O)c1ccc2c(c1)OCO2. The van der Waals surface area contributed by atoms with E-state index in [4.69, 9.17) is 14.7 Å². The number of hydrogen-bond acceptors (Lipinski definition) is 4. The number of aliphatic hydroxyl groups excluding tert-OH is 1. The molecule has 0 saturated carbocycles. The lowest BCUT2D eigenvalue weighted by Crippen LogP contribution is -1.96. The maximum atomic E-state index is 9.95. The minimum Gasteiger partial charge on any atom is -0.454 e. The molecule has 1 aromatic carbocycles. The van der Waals surface area contributed by atoms with E-state index in [-0.39, 0.29) is 6.79 Å². The molecule has 1 atom stereocenters. The molecule has 1 aliphatic rings. The topological polar surface area (TPSA) is 62.5 Å². The normalized spacial score (nSPS) is 15.5. The number of hydrogen-bond donors (Lipinski definition) is 1. The number of nitrogens with zero attached hydrogens (tertiary/aromatic N) is 1. The summed E-state index contributed by atoms with van der Waals surface area (Å²) >= 11 is 0. The average molecular weight is 231 g/mol. The molecular formula is C13H13NO3. The van der Waals surface area contributed by atoms with E-state index in [9.17, 15) is 5.11 Å². The summed E-state index contributed by atoms with van der Waals surface area (Å²) in [4.78, 5) is 0. The molecule has 17 heavy (non-hydrogen) atoms. The van der Waals surface area contributed by atoms with Crippen molar-refractivity contribution in [3.63, 3.8) is 0 Å². The first kappa shape index (κ1) is 11.5. The van der Waals surface area contributed by atoms with Crippen LogP contribution in [0.4, 0.5) is 0 Å². The van der Waals surface area contributed by atoms with Crippen LogP contribution in [0.1, 0.15) is 25.0 Å². The van der Waals surface area contributed by atoms with Crippen molar-refractivity contribution in [2.75, 3.05) is 6.79 Å². The van der Waals surface area contributed by atoms with Crippen LogP contribution in [0.3, 0.4) is 0 Å². The van der Waals surface area contributed by atoms with E-state index in [1.165, 1.54) is 0 Å². The Morgan fingerprint density at radius 2 is 2.29 bits per heavy atom. The van der Waals surface area contributed by atoms with E-state index in [1.807, 2.05) is 6.07 Å². The lowest BCUT2D eigenvalue weighted by Gasteiger charge is -2.09. The molecule has 0 radical (unpaired) electrons. The van der Waals surface area contributed by atoms with Crippen molar-refractivity contribution in [2.45, 2.75) is 19.4 Å². The molecule has 0 aromatic heterocycles. The predicted molar refractivity (Wildman–Crippen MR) is 61.5 cm³/mol. The van der Waals surface area contributed by atoms with E-state index >= 15 is 0 Å². The maximum absolute atomic E-state index is 9.95. The highest BCUT2D eigenvalue weighted by molar-refractivity contribution is 5.45. The van der Waals surface area contributed by atoms with E-state index < -0.39 is 6.10 Å². The number of ether oxygens (including phenoxy) is 2. The number of aliphatic hydroxyl groups is 1. The van der Waals surface area contributed by atoms with E-state index in [1.54, 1.807) is 31.2 Å². The van der Waals surface area contributed by atoms with Crippen LogP contribution in [0.25, 0.3) is 0 Å². The van der Waals surface area contributed by atoms with Gasteiger partial charge in [-0.05, 0) is 31.0 Å². The van der Waals surface area contributed by atoms with E-state index in [0.29, 0.717) is 23.5 Å². The summed E-state index contributed by atoms with van der Waals surface area (Å²) in [6.07, 6.45) is 1.50. The highest BCUT2D eigenvalue weighted by Gasteiger charge is 2.15. The summed E-state index contributed by atoms with van der Waals surface area (Å²) < 4.78 is 10.4. The fourth-order valence-corrected chi connectivity index (χ4v) is 1.59. The molecule has 1 aromatic rings. The van der Waals surface area contributed by atoms with Crippen LogP contribution in [-0.4, -0.2) is 11.9 Å². The van der Waals surface area contributed by atoms with Gasteiger partial charge in [-0.1, -0.05) is 12.1 Å². The zero-order chi connectivity index (χ0) is 12.3. The molecule has 0 bridgehead atoms. The van der Waals surface area contributed by atoms with Gasteiger partial charge in [-0.25, -0.2) is 0 Å². The third-order valence-electron chi connectivity index (χ3n) is 2.61. The second kappa shape index (κ2) is 4.89. The van der Waals surface area contributed by atoms with Crippen molar-refractivity contribution in [1.29, 1.82) is 5.26 Å². The van der Waals surface area contributed by atoms with Crippen LogP contribution in [-0.2, 0) is 0 Å². The third-order valence-corrected chi connectivity index (χ3v) is 2.61. The van der Waals surface area contributed by atoms with Gasteiger partial charge in [0.25, 0.3) is 0 Å². The van der Waals surface area contributed by atoms with Gasteiger partial charge < -0.3 is 14.6 Å². The zero-order valence-electron chi connectivity index (χ0n) is 9.51. The number of allylic oxidation sites excluding steroid dienone is 1. The summed E-state index contributed by atoms with van der Waals surface area (Å²) in [5.74, 6) is 1.35. The van der Waals surface area contributed by atoms with Crippen LogP contribution in [0.15, 0.2) is 29.8 Å². The lowest BCUT2D eigenvalue weighted by atomic mass is 10.0. The van der Waals surface area contributed by atoms with Gasteiger partial charge in [-0.2, -0.15) is 5.26 Å². The first-order valence-electron chi connectivity index (χ1n) is 5.35. The Morgan fingerprint density at radius 3 is 3.06 bits per heavy atom. The van der Waals surface area contributed by atoms with Crippen molar-refractivity contribution in [3.8, 4) is 17.6 Å². The zero-order valence-corrected chi connectivity index (χ0v) is 9.51. The van der Waals surface area contributed by atoms with Crippen LogP contribution in [0, 0.1) is 11.3 Å². The summed E-state index contributed by atoms with van der Waals surface area (Å²) in [5.41, 5.74) is 1.36. The Balaban J connectivity index is 2.10. The van der Waals surface area contributed by atoms with Crippen LogP contribution in [0.5, 0.6) is 11.5 Å². The van der Waals surface area contributed by atoms with Crippen molar-refractivity contribution >= 4 is 0 Å². The van der Waals surface area contributed by atoms with Gasteiger partial charge >= 0.3 is 0 Å². The quantitative estimate of drug-likeness (QED) is 0.811. The fourth-order valence-electron chi connectivity index (χ4n) is 1.59. The minimum atomic E-state index is -0.632. The highest BCUT2D eigenvalue weighted by atomic mass is 16.7. The Kier molecular flexibility index (Phi) is 3.31. The summed E-state index contributed by atoms with van der Waals surface area (Å²) in [5, 5.41) is 18.6. The second-order valence-electron chi connectivity index (χ2n) is 3.86. The summed E-state index contributed by atoms with van der Waals surface area (Å²) in [7, 11) is 0. The van der Waals surface area contributed by atoms with Gasteiger partial charge in [0.05, 0.1) is 12.2 Å². The molecule has 0 amide bonds. The fraction of sp³-hybridized carbons (Fsp3) is 0.308. The largest absolute Gasteiger partial charge is 0.454 e. The molecular weight excluding hydrogens is 218 g/mol. The van der Waals surface area contributed by atoms with Crippen LogP contribution >= 0.6 is 0 Å². The van der Waals surface area contributed by atoms with E-state index in [2.05, 4.69) is 0 Å². The minimum absolute atomic E-state index is 0.225. The Bertz CT molecular complexity index is 488. The Hall–Kier alpha value is -1.99. The second-order valence-corrected chi connectivity index (χ2v) is 3.86. The van der Waals surface area contributed by atoms with Gasteiger partial charge in [-0.15, -0.1) is 0 Å². The number of nitriles is 1. The summed E-state index contributed by atoms with van der Waals surface area (Å²) in [6, 6.07) is 7.36. The van der Waals surface area contributed by atoms with Gasteiger partial charge in [0.1, 0.15) is 0 Å². The van der Waals surface area contributed by atoms with Gasteiger partial charge in [0, 0.05) is 5.57 Å². The Morgan fingerprint density at radius 1 is 1.53 bits per heavy atom. The lowest BCUT2D eigenvalue weighted by molar-refractivity contribution is 0.172. The van der Waals surface area contributed by atoms with Gasteiger partial charge in [0.2, 0.25) is 6.79 Å². The van der Waals surface area contributed by atoms with Crippen molar-refractivity contribution in [1.82, 2.24) is 0 Å². The van der Waals surface area contributed by atoms with Gasteiger partial charge in [0.15, 0.2) is 11.5 Å². The number of fused-ring (bicyclic) bond motifs is 1. The first-order valence-corrected chi connectivity index (χ1v) is 5.35. The monoisotopic (exact) mass is 231 g/mol. The molecule has 2 rings (SSSR count). The van der Waals surface area contributed by atoms with Crippen molar-refractivity contribution in [2.24, 2.45) is 0 Å². The molecule has 0 spiro atoms. The van der Waals surface area contributed by atoms with Gasteiger partial charge in [-0.3, -0.25) is 0 Å². The Labute approximate surface area is 99.7 Å². The maximum Gasteiger partial charge on any atom is 0.231 e. The summed E-state index contributed by atoms with van der Waals surface area (Å²) in [6.45, 7) is 1.94. The molecule has 0 saturated heterocycles. The molecule has 0 aliphatic carbocycles. The molecule has 4 heteroatoms. The van der Waals surface area contributed by atoms with Crippen molar-refractivity contribution in [3.05, 3.63) is 35.4 Å². The smallest absolute Gasteiger partial charge is 0.231 e. The first-order chi connectivity index (χ1) is 8.20. The molecule has 1 heterocycles. The van der Waals surface area contributed by atoms with Crippen LogP contribution < -0.4 is 9.47 Å². The van der Waals surface area contributed by atoms with Crippen LogP contribution in [0.2, 0.25) is 0 Å². The highest BCUT2D eigenvalue weighted by Crippen LogP contribution is 2.34. The number of rotatable bonds is 3. The third kappa shape index (κ3) is 2.58. The molecule has 1 N–H and O–H groups in total. The molecule has 1 aliphatic heterocycles. The molecule has 4 nitrogen and oxygen atoms in total. The van der Waals surface area contributed by atoms with E-state index in [0.717, 1.165) is 5.56 Å².